The molecule has 0 aliphatic heterocycles. The van der Waals surface area contributed by atoms with Crippen LogP contribution >= 0.6 is 11.8 Å². The summed E-state index contributed by atoms with van der Waals surface area (Å²) >= 11 is 1.66. The predicted molar refractivity (Wildman–Crippen MR) is 106 cm³/mol. The van der Waals surface area contributed by atoms with Gasteiger partial charge in [-0.3, -0.25) is 4.57 Å². The van der Waals surface area contributed by atoms with Crippen LogP contribution in [0.4, 0.5) is 0 Å². The van der Waals surface area contributed by atoms with Gasteiger partial charge in [-0.1, -0.05) is 54.2 Å². The predicted octanol–water partition coefficient (Wildman–Crippen LogP) is 4.89. The molecule has 2 heterocycles. The standard InChI is InChI=1S/C21H19N3O2S/c1-25-18-11-9-17(10-12-18)15-27-21-23-22-20(19-8-5-13-26-19)24(21)14-16-6-3-2-4-7-16/h2-13H,14-15H2,1H3. The summed E-state index contributed by atoms with van der Waals surface area (Å²) in [6.07, 6.45) is 1.65. The number of hydrogen-bond acceptors (Lipinski definition) is 5. The van der Waals surface area contributed by atoms with Crippen molar-refractivity contribution in [2.24, 2.45) is 0 Å². The zero-order valence-electron chi connectivity index (χ0n) is 14.9. The average Bonchev–Trinajstić information content (AvgIpc) is 3.38. The van der Waals surface area contributed by atoms with Crippen LogP contribution in [0, 0.1) is 0 Å². The maximum Gasteiger partial charge on any atom is 0.200 e. The van der Waals surface area contributed by atoms with Crippen molar-refractivity contribution in [2.75, 3.05) is 7.11 Å². The molecule has 0 spiro atoms. The van der Waals surface area contributed by atoms with Crippen LogP contribution < -0.4 is 4.74 Å². The van der Waals surface area contributed by atoms with Gasteiger partial charge in [-0.15, -0.1) is 10.2 Å². The first-order valence-corrected chi connectivity index (χ1v) is 9.59. The van der Waals surface area contributed by atoms with Crippen molar-refractivity contribution >= 4 is 11.8 Å². The Bertz CT molecular complexity index is 980. The van der Waals surface area contributed by atoms with Crippen LogP contribution in [0.15, 0.2) is 82.6 Å². The lowest BCUT2D eigenvalue weighted by Crippen LogP contribution is -2.03. The van der Waals surface area contributed by atoms with Crippen molar-refractivity contribution in [1.82, 2.24) is 14.8 Å². The molecule has 4 aromatic rings. The fourth-order valence-electron chi connectivity index (χ4n) is 2.76. The van der Waals surface area contributed by atoms with Crippen molar-refractivity contribution in [3.05, 3.63) is 84.1 Å². The van der Waals surface area contributed by atoms with Crippen molar-refractivity contribution < 1.29 is 9.15 Å². The lowest BCUT2D eigenvalue weighted by atomic mass is 10.2. The summed E-state index contributed by atoms with van der Waals surface area (Å²) in [5.74, 6) is 3.11. The van der Waals surface area contributed by atoms with Crippen molar-refractivity contribution in [1.29, 1.82) is 0 Å². The Hall–Kier alpha value is -2.99. The first-order chi connectivity index (χ1) is 13.3. The zero-order chi connectivity index (χ0) is 18.5. The Balaban J connectivity index is 1.59. The summed E-state index contributed by atoms with van der Waals surface area (Å²) in [4.78, 5) is 0. The molecule has 0 aliphatic carbocycles. The van der Waals surface area contributed by atoms with Crippen LogP contribution in [-0.4, -0.2) is 21.9 Å². The Morgan fingerprint density at radius 3 is 2.44 bits per heavy atom. The van der Waals surface area contributed by atoms with Gasteiger partial charge in [0.2, 0.25) is 5.82 Å². The molecule has 0 N–H and O–H groups in total. The van der Waals surface area contributed by atoms with E-state index in [1.807, 2.05) is 42.5 Å². The minimum atomic E-state index is 0.689. The number of ether oxygens (including phenoxy) is 1. The Morgan fingerprint density at radius 2 is 1.74 bits per heavy atom. The number of hydrogen-bond donors (Lipinski definition) is 0. The molecule has 5 nitrogen and oxygen atoms in total. The second kappa shape index (κ2) is 8.14. The molecule has 0 radical (unpaired) electrons. The molecule has 0 bridgehead atoms. The van der Waals surface area contributed by atoms with Crippen LogP contribution in [0.2, 0.25) is 0 Å². The van der Waals surface area contributed by atoms with Gasteiger partial charge in [0.25, 0.3) is 0 Å². The topological polar surface area (TPSA) is 53.1 Å². The highest BCUT2D eigenvalue weighted by Gasteiger charge is 2.16. The van der Waals surface area contributed by atoms with E-state index in [9.17, 15) is 0 Å². The van der Waals surface area contributed by atoms with E-state index in [0.717, 1.165) is 28.2 Å². The van der Waals surface area contributed by atoms with Crippen LogP contribution in [0.25, 0.3) is 11.6 Å². The Kier molecular flexibility index (Phi) is 5.25. The minimum Gasteiger partial charge on any atom is -0.497 e. The minimum absolute atomic E-state index is 0.689. The number of methoxy groups -OCH3 is 1. The summed E-state index contributed by atoms with van der Waals surface area (Å²) in [6.45, 7) is 0.689. The molecule has 2 aromatic carbocycles. The van der Waals surface area contributed by atoms with Gasteiger partial charge in [0.15, 0.2) is 10.9 Å². The van der Waals surface area contributed by atoms with Crippen LogP contribution in [0.1, 0.15) is 11.1 Å². The molecule has 0 saturated heterocycles. The first-order valence-electron chi connectivity index (χ1n) is 8.60. The number of nitrogens with zero attached hydrogens (tertiary/aromatic N) is 3. The Labute approximate surface area is 162 Å². The van der Waals surface area contributed by atoms with E-state index in [2.05, 4.69) is 39.0 Å². The van der Waals surface area contributed by atoms with Crippen molar-refractivity contribution in [2.45, 2.75) is 17.5 Å². The fourth-order valence-corrected chi connectivity index (χ4v) is 3.66. The van der Waals surface area contributed by atoms with Crippen LogP contribution in [0.5, 0.6) is 5.75 Å². The van der Waals surface area contributed by atoms with E-state index in [1.165, 1.54) is 11.1 Å². The van der Waals surface area contributed by atoms with Crippen molar-refractivity contribution in [3.8, 4) is 17.3 Å². The molecule has 6 heteroatoms. The van der Waals surface area contributed by atoms with Gasteiger partial charge in [-0.2, -0.15) is 0 Å². The maximum absolute atomic E-state index is 5.55. The third kappa shape index (κ3) is 4.06. The Morgan fingerprint density at radius 1 is 0.926 bits per heavy atom. The summed E-state index contributed by atoms with van der Waals surface area (Å²) in [7, 11) is 1.67. The highest BCUT2D eigenvalue weighted by Crippen LogP contribution is 2.28. The molecule has 27 heavy (non-hydrogen) atoms. The van der Waals surface area contributed by atoms with E-state index in [1.54, 1.807) is 25.1 Å². The molecule has 2 aromatic heterocycles. The molecule has 0 unspecified atom stereocenters. The lowest BCUT2D eigenvalue weighted by Gasteiger charge is -2.09. The monoisotopic (exact) mass is 377 g/mol. The second-order valence-electron chi connectivity index (χ2n) is 5.99. The molecule has 0 atom stereocenters. The van der Waals surface area contributed by atoms with E-state index < -0.39 is 0 Å². The molecular weight excluding hydrogens is 358 g/mol. The normalized spacial score (nSPS) is 10.9. The highest BCUT2D eigenvalue weighted by atomic mass is 32.2. The van der Waals surface area contributed by atoms with Gasteiger partial charge in [-0.25, -0.2) is 0 Å². The van der Waals surface area contributed by atoms with Crippen LogP contribution in [0.3, 0.4) is 0 Å². The van der Waals surface area contributed by atoms with E-state index >= 15 is 0 Å². The summed E-state index contributed by atoms with van der Waals surface area (Å²) in [6, 6.07) is 22.1. The summed E-state index contributed by atoms with van der Waals surface area (Å²) in [5, 5.41) is 9.64. The van der Waals surface area contributed by atoms with Gasteiger partial charge in [0.1, 0.15) is 5.75 Å². The van der Waals surface area contributed by atoms with Gasteiger partial charge in [0.05, 0.1) is 19.9 Å². The average molecular weight is 377 g/mol. The van der Waals surface area contributed by atoms with E-state index in [4.69, 9.17) is 9.15 Å². The lowest BCUT2D eigenvalue weighted by molar-refractivity contribution is 0.414. The molecule has 0 aliphatic rings. The van der Waals surface area contributed by atoms with Gasteiger partial charge >= 0.3 is 0 Å². The third-order valence-corrected chi connectivity index (χ3v) is 5.21. The fraction of sp³-hybridized carbons (Fsp3) is 0.143. The second-order valence-corrected chi connectivity index (χ2v) is 6.93. The number of thioether (sulfide) groups is 1. The zero-order valence-corrected chi connectivity index (χ0v) is 15.7. The van der Waals surface area contributed by atoms with Crippen LogP contribution in [-0.2, 0) is 12.3 Å². The summed E-state index contributed by atoms with van der Waals surface area (Å²) < 4.78 is 12.9. The SMILES string of the molecule is COc1ccc(CSc2nnc(-c3ccco3)n2Cc2ccccc2)cc1. The first kappa shape index (κ1) is 17.4. The largest absolute Gasteiger partial charge is 0.497 e. The smallest absolute Gasteiger partial charge is 0.200 e. The van der Waals surface area contributed by atoms with E-state index in [0.29, 0.717) is 6.54 Å². The highest BCUT2D eigenvalue weighted by molar-refractivity contribution is 7.98. The molecule has 0 amide bonds. The number of aromatic nitrogens is 3. The molecule has 4 rings (SSSR count). The molecular formula is C21H19N3O2S. The summed E-state index contributed by atoms with van der Waals surface area (Å²) in [5.41, 5.74) is 2.39. The maximum atomic E-state index is 5.55. The van der Waals surface area contributed by atoms with E-state index in [-0.39, 0.29) is 0 Å². The number of furan rings is 1. The van der Waals surface area contributed by atoms with Gasteiger partial charge < -0.3 is 9.15 Å². The molecule has 136 valence electrons. The third-order valence-electron chi connectivity index (χ3n) is 4.17. The number of rotatable bonds is 7. The van der Waals surface area contributed by atoms with Gasteiger partial charge in [0, 0.05) is 5.75 Å². The molecule has 0 saturated carbocycles. The van der Waals surface area contributed by atoms with Crippen molar-refractivity contribution in [3.63, 3.8) is 0 Å². The number of benzene rings is 2. The quantitative estimate of drug-likeness (QED) is 0.429. The molecule has 0 fully saturated rings. The van der Waals surface area contributed by atoms with Gasteiger partial charge in [-0.05, 0) is 35.4 Å².